The first-order chi connectivity index (χ1) is 13.9. The molecule has 1 amide bonds. The molecule has 3 heterocycles. The molecule has 0 aromatic heterocycles. The third-order valence-corrected chi connectivity index (χ3v) is 5.38. The summed E-state index contributed by atoms with van der Waals surface area (Å²) in [7, 11) is 0. The molecule has 158 valence electrons. The van der Waals surface area contributed by atoms with Crippen molar-refractivity contribution in [2.75, 3.05) is 26.3 Å². The van der Waals surface area contributed by atoms with E-state index in [1.54, 1.807) is 17.0 Å². The summed E-state index contributed by atoms with van der Waals surface area (Å²) in [6, 6.07) is 4.78. The van der Waals surface area contributed by atoms with Crippen molar-refractivity contribution in [3.63, 3.8) is 0 Å². The number of hydroxylamine groups is 1. The number of carbonyl (C=O) groups excluding carboxylic acids is 1. The van der Waals surface area contributed by atoms with Crippen molar-refractivity contribution < 1.29 is 32.6 Å². The summed E-state index contributed by atoms with van der Waals surface area (Å²) in [6.45, 7) is 0.716. The second-order valence-corrected chi connectivity index (χ2v) is 7.52. The van der Waals surface area contributed by atoms with Crippen LogP contribution in [0.5, 0.6) is 11.5 Å². The standard InChI is InChI=1S/C20H24F2N2O5/c1-13(25)24-7-2-3-15(11-24)27-18-9-14(4-5-17(18)28-19(21)22)16-10-20(29-23-16)6-8-26-12-20/h4-5,9-10,15,19,23H,2-3,6-8,11-12H2,1H3. The molecule has 1 aromatic rings. The monoisotopic (exact) mass is 410 g/mol. The zero-order chi connectivity index (χ0) is 20.4. The number of rotatable bonds is 5. The molecule has 9 heteroatoms. The molecule has 2 fully saturated rings. The van der Waals surface area contributed by atoms with E-state index in [4.69, 9.17) is 14.3 Å². The largest absolute Gasteiger partial charge is 0.485 e. The van der Waals surface area contributed by atoms with Crippen LogP contribution in [0.3, 0.4) is 0 Å². The lowest BCUT2D eigenvalue weighted by Gasteiger charge is -2.32. The molecule has 1 N–H and O–H groups in total. The molecule has 0 aliphatic carbocycles. The summed E-state index contributed by atoms with van der Waals surface area (Å²) in [6.07, 6.45) is 3.91. The number of halogens is 2. The molecule has 4 rings (SSSR count). The number of carbonyl (C=O) groups is 1. The number of likely N-dealkylation sites (tertiary alicyclic amines) is 1. The van der Waals surface area contributed by atoms with Crippen molar-refractivity contribution in [1.82, 2.24) is 10.4 Å². The third-order valence-electron chi connectivity index (χ3n) is 5.38. The first kappa shape index (κ1) is 19.9. The topological polar surface area (TPSA) is 69.3 Å². The summed E-state index contributed by atoms with van der Waals surface area (Å²) in [5.41, 5.74) is 3.85. The smallest absolute Gasteiger partial charge is 0.387 e. The number of nitrogens with zero attached hydrogens (tertiary/aromatic N) is 1. The third kappa shape index (κ3) is 4.45. The first-order valence-electron chi connectivity index (χ1n) is 9.70. The van der Waals surface area contributed by atoms with Gasteiger partial charge in [0.1, 0.15) is 11.7 Å². The van der Waals surface area contributed by atoms with Crippen LogP contribution in [-0.2, 0) is 14.4 Å². The van der Waals surface area contributed by atoms with Gasteiger partial charge in [0.05, 0.1) is 18.8 Å². The van der Waals surface area contributed by atoms with E-state index >= 15 is 0 Å². The Morgan fingerprint density at radius 1 is 1.38 bits per heavy atom. The molecular weight excluding hydrogens is 386 g/mol. The van der Waals surface area contributed by atoms with Gasteiger partial charge in [-0.25, -0.2) is 0 Å². The molecule has 1 aromatic carbocycles. The van der Waals surface area contributed by atoms with Gasteiger partial charge >= 0.3 is 6.61 Å². The summed E-state index contributed by atoms with van der Waals surface area (Å²) in [4.78, 5) is 19.1. The Bertz CT molecular complexity index is 795. The molecule has 0 bridgehead atoms. The summed E-state index contributed by atoms with van der Waals surface area (Å²) in [5, 5.41) is 0. The molecular formula is C20H24F2N2O5. The highest BCUT2D eigenvalue weighted by atomic mass is 19.3. The normalized spacial score (nSPS) is 26.6. The van der Waals surface area contributed by atoms with Crippen molar-refractivity contribution in [1.29, 1.82) is 0 Å². The Kier molecular flexibility index (Phi) is 5.60. The summed E-state index contributed by atoms with van der Waals surface area (Å²) < 4.78 is 41.8. The van der Waals surface area contributed by atoms with Crippen LogP contribution in [0.15, 0.2) is 24.3 Å². The maximum atomic E-state index is 12.9. The van der Waals surface area contributed by atoms with E-state index in [2.05, 4.69) is 10.2 Å². The van der Waals surface area contributed by atoms with Gasteiger partial charge in [-0.1, -0.05) is 0 Å². The second kappa shape index (κ2) is 8.16. The fourth-order valence-electron chi connectivity index (χ4n) is 3.84. The van der Waals surface area contributed by atoms with E-state index in [9.17, 15) is 13.6 Å². The molecule has 29 heavy (non-hydrogen) atoms. The fourth-order valence-corrected chi connectivity index (χ4v) is 3.84. The Morgan fingerprint density at radius 3 is 2.97 bits per heavy atom. The van der Waals surface area contributed by atoms with Crippen LogP contribution in [0.4, 0.5) is 8.78 Å². The van der Waals surface area contributed by atoms with E-state index < -0.39 is 12.2 Å². The van der Waals surface area contributed by atoms with Gasteiger partial charge in [-0.3, -0.25) is 15.1 Å². The Morgan fingerprint density at radius 2 is 2.24 bits per heavy atom. The molecule has 2 unspecified atom stereocenters. The van der Waals surface area contributed by atoms with Gasteiger partial charge in [-0.05, 0) is 37.1 Å². The average molecular weight is 410 g/mol. The van der Waals surface area contributed by atoms with Crippen LogP contribution in [0, 0.1) is 0 Å². The van der Waals surface area contributed by atoms with Crippen LogP contribution in [0.25, 0.3) is 5.70 Å². The lowest BCUT2D eigenvalue weighted by atomic mass is 10.0. The predicted molar refractivity (Wildman–Crippen MR) is 99.3 cm³/mol. The van der Waals surface area contributed by atoms with Crippen LogP contribution in [-0.4, -0.2) is 55.4 Å². The minimum absolute atomic E-state index is 0.0300. The van der Waals surface area contributed by atoms with Crippen molar-refractivity contribution in [2.45, 2.75) is 44.5 Å². The molecule has 2 atom stereocenters. The first-order valence-corrected chi connectivity index (χ1v) is 9.70. The van der Waals surface area contributed by atoms with Crippen molar-refractivity contribution in [2.24, 2.45) is 0 Å². The quantitative estimate of drug-likeness (QED) is 0.805. The van der Waals surface area contributed by atoms with Gasteiger partial charge < -0.3 is 19.1 Å². The highest BCUT2D eigenvalue weighted by molar-refractivity contribution is 5.73. The van der Waals surface area contributed by atoms with E-state index in [0.717, 1.165) is 30.5 Å². The Labute approximate surface area is 167 Å². The van der Waals surface area contributed by atoms with Gasteiger partial charge in [0, 0.05) is 32.1 Å². The number of hydrogen-bond acceptors (Lipinski definition) is 6. The number of ether oxygens (including phenoxy) is 3. The molecule has 0 saturated carbocycles. The van der Waals surface area contributed by atoms with E-state index in [-0.39, 0.29) is 23.5 Å². The lowest BCUT2D eigenvalue weighted by molar-refractivity contribution is -0.131. The highest BCUT2D eigenvalue weighted by Gasteiger charge is 2.39. The number of benzene rings is 1. The maximum Gasteiger partial charge on any atom is 0.387 e. The highest BCUT2D eigenvalue weighted by Crippen LogP contribution is 2.37. The number of nitrogens with one attached hydrogen (secondary N) is 1. The van der Waals surface area contributed by atoms with Crippen molar-refractivity contribution >= 4 is 11.6 Å². The lowest BCUT2D eigenvalue weighted by Crippen LogP contribution is -2.43. The van der Waals surface area contributed by atoms with Crippen LogP contribution < -0.4 is 15.0 Å². The molecule has 3 aliphatic rings. The van der Waals surface area contributed by atoms with Gasteiger partial charge in [0.2, 0.25) is 5.91 Å². The summed E-state index contributed by atoms with van der Waals surface area (Å²) in [5.74, 6) is 0.143. The Balaban J connectivity index is 1.57. The van der Waals surface area contributed by atoms with E-state index in [1.165, 1.54) is 13.0 Å². The molecule has 7 nitrogen and oxygen atoms in total. The van der Waals surface area contributed by atoms with Crippen molar-refractivity contribution in [3.05, 3.63) is 29.8 Å². The van der Waals surface area contributed by atoms with Crippen LogP contribution in [0.1, 0.15) is 31.7 Å². The number of amides is 1. The van der Waals surface area contributed by atoms with Gasteiger partial charge in [0.25, 0.3) is 0 Å². The van der Waals surface area contributed by atoms with Gasteiger partial charge in [0.15, 0.2) is 11.5 Å². The predicted octanol–water partition coefficient (Wildman–Crippen LogP) is 2.71. The molecule has 1 spiro atoms. The van der Waals surface area contributed by atoms with Crippen molar-refractivity contribution in [3.8, 4) is 11.5 Å². The van der Waals surface area contributed by atoms with Gasteiger partial charge in [-0.2, -0.15) is 8.78 Å². The van der Waals surface area contributed by atoms with Crippen LogP contribution in [0.2, 0.25) is 0 Å². The van der Waals surface area contributed by atoms with E-state index in [0.29, 0.717) is 26.3 Å². The maximum absolute atomic E-state index is 12.9. The molecule has 0 radical (unpaired) electrons. The fraction of sp³-hybridized carbons (Fsp3) is 0.550. The Hall–Kier alpha value is -2.39. The number of hydrogen-bond donors (Lipinski definition) is 1. The molecule has 2 saturated heterocycles. The number of alkyl halides is 2. The SMILES string of the molecule is CC(=O)N1CCCC(Oc2cc(C3=CC4(CCOC4)ON3)ccc2OC(F)F)C1. The zero-order valence-electron chi connectivity index (χ0n) is 16.2. The number of piperidine rings is 1. The van der Waals surface area contributed by atoms with Gasteiger partial charge in [-0.15, -0.1) is 0 Å². The summed E-state index contributed by atoms with van der Waals surface area (Å²) >= 11 is 0. The average Bonchev–Trinajstić information content (AvgIpc) is 3.33. The molecule has 3 aliphatic heterocycles. The second-order valence-electron chi connectivity index (χ2n) is 7.52. The van der Waals surface area contributed by atoms with E-state index in [1.807, 2.05) is 6.08 Å². The minimum atomic E-state index is -2.96. The van der Waals surface area contributed by atoms with Crippen LogP contribution >= 0.6 is 0 Å². The zero-order valence-corrected chi connectivity index (χ0v) is 16.2. The minimum Gasteiger partial charge on any atom is -0.485 e.